The summed E-state index contributed by atoms with van der Waals surface area (Å²) in [4.78, 5) is 12.1. The molecule has 0 aliphatic heterocycles. The van der Waals surface area contributed by atoms with Crippen LogP contribution in [0.2, 0.25) is 0 Å². The molecule has 10 heavy (non-hydrogen) atoms. The molecule has 54 valence electrons. The molecule has 0 unspecified atom stereocenters. The molecule has 0 saturated carbocycles. The van der Waals surface area contributed by atoms with E-state index in [1.54, 1.807) is 6.08 Å². The molecule has 3 heteroatoms. The van der Waals surface area contributed by atoms with Gasteiger partial charge in [-0.05, 0) is 0 Å². The molecule has 0 aromatic rings. The third-order valence-corrected chi connectivity index (χ3v) is 1.06. The van der Waals surface area contributed by atoms with Gasteiger partial charge in [0, 0.05) is 13.5 Å². The number of nitriles is 1. The standard InChI is InChI=1S/C7H10N2O/c1-3-5-9(6-4-8)7(2)10/h3H,1,5-6H2,2H3. The lowest BCUT2D eigenvalue weighted by Gasteiger charge is -2.13. The summed E-state index contributed by atoms with van der Waals surface area (Å²) < 4.78 is 0. The Morgan fingerprint density at radius 3 is 2.80 bits per heavy atom. The first-order valence-corrected chi connectivity index (χ1v) is 2.95. The maximum Gasteiger partial charge on any atom is 0.220 e. The van der Waals surface area contributed by atoms with E-state index in [0.717, 1.165) is 0 Å². The fourth-order valence-corrected chi connectivity index (χ4v) is 0.546. The van der Waals surface area contributed by atoms with Crippen LogP contribution < -0.4 is 0 Å². The Kier molecular flexibility index (Phi) is 3.97. The second kappa shape index (κ2) is 4.57. The molecule has 0 fully saturated rings. The zero-order valence-corrected chi connectivity index (χ0v) is 6.00. The Labute approximate surface area is 60.6 Å². The summed E-state index contributed by atoms with van der Waals surface area (Å²) >= 11 is 0. The van der Waals surface area contributed by atoms with E-state index in [-0.39, 0.29) is 12.5 Å². The zero-order chi connectivity index (χ0) is 7.98. The van der Waals surface area contributed by atoms with Crippen molar-refractivity contribution in [1.29, 1.82) is 5.26 Å². The molecular weight excluding hydrogens is 128 g/mol. The number of carbonyl (C=O) groups is 1. The molecule has 0 aromatic carbocycles. The lowest BCUT2D eigenvalue weighted by molar-refractivity contribution is -0.127. The predicted octanol–water partition coefficient (Wildman–Crippen LogP) is 0.544. The fraction of sp³-hybridized carbons (Fsp3) is 0.429. The van der Waals surface area contributed by atoms with Crippen molar-refractivity contribution in [2.24, 2.45) is 0 Å². The van der Waals surface area contributed by atoms with Gasteiger partial charge in [0.1, 0.15) is 6.54 Å². The number of amides is 1. The van der Waals surface area contributed by atoms with Crippen LogP contribution in [0.15, 0.2) is 12.7 Å². The van der Waals surface area contributed by atoms with Crippen LogP contribution in [-0.4, -0.2) is 23.9 Å². The lowest BCUT2D eigenvalue weighted by atomic mass is 10.4. The largest absolute Gasteiger partial charge is 0.326 e. The van der Waals surface area contributed by atoms with Gasteiger partial charge in [0.25, 0.3) is 0 Å². The van der Waals surface area contributed by atoms with E-state index in [9.17, 15) is 4.79 Å². The third kappa shape index (κ3) is 2.88. The normalized spacial score (nSPS) is 8.00. The molecule has 0 bridgehead atoms. The van der Waals surface area contributed by atoms with E-state index in [2.05, 4.69) is 6.58 Å². The van der Waals surface area contributed by atoms with Gasteiger partial charge in [0.15, 0.2) is 0 Å². The summed E-state index contributed by atoms with van der Waals surface area (Å²) in [5, 5.41) is 8.23. The van der Waals surface area contributed by atoms with Crippen LogP contribution in [0.5, 0.6) is 0 Å². The van der Waals surface area contributed by atoms with Gasteiger partial charge in [-0.3, -0.25) is 4.79 Å². The van der Waals surface area contributed by atoms with Crippen molar-refractivity contribution in [3.8, 4) is 6.07 Å². The first-order chi connectivity index (χ1) is 4.72. The second-order valence-electron chi connectivity index (χ2n) is 1.85. The molecule has 0 atom stereocenters. The van der Waals surface area contributed by atoms with Gasteiger partial charge in [-0.15, -0.1) is 6.58 Å². The minimum atomic E-state index is -0.0959. The molecule has 1 amide bonds. The van der Waals surface area contributed by atoms with Gasteiger partial charge < -0.3 is 4.90 Å². The number of rotatable bonds is 3. The first kappa shape index (κ1) is 8.70. The van der Waals surface area contributed by atoms with Crippen LogP contribution in [-0.2, 0) is 4.79 Å². The highest BCUT2D eigenvalue weighted by molar-refractivity contribution is 5.73. The number of nitrogens with zero attached hydrogens (tertiary/aromatic N) is 2. The Balaban J connectivity index is 3.86. The topological polar surface area (TPSA) is 44.1 Å². The van der Waals surface area contributed by atoms with E-state index in [1.807, 2.05) is 6.07 Å². The minimum absolute atomic E-state index is 0.0959. The van der Waals surface area contributed by atoms with Crippen molar-refractivity contribution in [3.05, 3.63) is 12.7 Å². The van der Waals surface area contributed by atoms with Gasteiger partial charge >= 0.3 is 0 Å². The van der Waals surface area contributed by atoms with E-state index in [0.29, 0.717) is 6.54 Å². The van der Waals surface area contributed by atoms with Crippen molar-refractivity contribution in [1.82, 2.24) is 4.90 Å². The SMILES string of the molecule is C=CCN(CC#N)C(C)=O. The average Bonchev–Trinajstić information content (AvgIpc) is 1.87. The Morgan fingerprint density at radius 2 is 2.50 bits per heavy atom. The summed E-state index contributed by atoms with van der Waals surface area (Å²) in [6, 6.07) is 1.89. The van der Waals surface area contributed by atoms with Crippen LogP contribution >= 0.6 is 0 Å². The summed E-state index contributed by atoms with van der Waals surface area (Å²) in [6.45, 7) is 5.48. The summed E-state index contributed by atoms with van der Waals surface area (Å²) in [6.07, 6.45) is 1.60. The van der Waals surface area contributed by atoms with Crippen LogP contribution in [0, 0.1) is 11.3 Å². The molecule has 3 nitrogen and oxygen atoms in total. The fourth-order valence-electron chi connectivity index (χ4n) is 0.546. The highest BCUT2D eigenvalue weighted by Crippen LogP contribution is 1.87. The van der Waals surface area contributed by atoms with Gasteiger partial charge in [0.2, 0.25) is 5.91 Å². The summed E-state index contributed by atoms with van der Waals surface area (Å²) in [5.41, 5.74) is 0. The monoisotopic (exact) mass is 138 g/mol. The maximum atomic E-state index is 10.7. The van der Waals surface area contributed by atoms with Crippen LogP contribution in [0.25, 0.3) is 0 Å². The van der Waals surface area contributed by atoms with Crippen molar-refractivity contribution in [3.63, 3.8) is 0 Å². The van der Waals surface area contributed by atoms with Crippen LogP contribution in [0.3, 0.4) is 0 Å². The lowest BCUT2D eigenvalue weighted by Crippen LogP contribution is -2.28. The molecular formula is C7H10N2O. The smallest absolute Gasteiger partial charge is 0.220 e. The molecule has 0 aliphatic rings. The molecule has 0 aromatic heterocycles. The average molecular weight is 138 g/mol. The number of hydrogen-bond acceptors (Lipinski definition) is 2. The molecule has 0 N–H and O–H groups in total. The predicted molar refractivity (Wildman–Crippen MR) is 38.1 cm³/mol. The third-order valence-electron chi connectivity index (χ3n) is 1.06. The van der Waals surface area contributed by atoms with Crippen molar-refractivity contribution in [2.45, 2.75) is 6.92 Å². The molecule has 0 spiro atoms. The maximum absolute atomic E-state index is 10.7. The van der Waals surface area contributed by atoms with E-state index in [1.165, 1.54) is 11.8 Å². The van der Waals surface area contributed by atoms with Gasteiger partial charge in [-0.2, -0.15) is 5.26 Å². The Hall–Kier alpha value is -1.30. The summed E-state index contributed by atoms with van der Waals surface area (Å²) in [7, 11) is 0. The van der Waals surface area contributed by atoms with E-state index < -0.39 is 0 Å². The van der Waals surface area contributed by atoms with E-state index >= 15 is 0 Å². The number of hydrogen-bond donors (Lipinski definition) is 0. The molecule has 0 saturated heterocycles. The quantitative estimate of drug-likeness (QED) is 0.422. The van der Waals surface area contributed by atoms with Crippen LogP contribution in [0.4, 0.5) is 0 Å². The highest BCUT2D eigenvalue weighted by Gasteiger charge is 2.03. The van der Waals surface area contributed by atoms with Gasteiger partial charge in [-0.1, -0.05) is 6.08 Å². The van der Waals surface area contributed by atoms with Gasteiger partial charge in [0.05, 0.1) is 6.07 Å². The highest BCUT2D eigenvalue weighted by atomic mass is 16.2. The molecule has 0 rings (SSSR count). The number of carbonyl (C=O) groups excluding carboxylic acids is 1. The van der Waals surface area contributed by atoms with Crippen LogP contribution in [0.1, 0.15) is 6.92 Å². The molecule has 0 heterocycles. The second-order valence-corrected chi connectivity index (χ2v) is 1.85. The Morgan fingerprint density at radius 1 is 1.90 bits per heavy atom. The van der Waals surface area contributed by atoms with E-state index in [4.69, 9.17) is 5.26 Å². The minimum Gasteiger partial charge on any atom is -0.326 e. The van der Waals surface area contributed by atoms with Crippen molar-refractivity contribution in [2.75, 3.05) is 13.1 Å². The Bertz CT molecular complexity index is 169. The zero-order valence-electron chi connectivity index (χ0n) is 6.00. The van der Waals surface area contributed by atoms with Crippen molar-refractivity contribution < 1.29 is 4.79 Å². The first-order valence-electron chi connectivity index (χ1n) is 2.95. The molecule has 0 radical (unpaired) electrons. The van der Waals surface area contributed by atoms with Gasteiger partial charge in [-0.25, -0.2) is 0 Å². The summed E-state index contributed by atoms with van der Waals surface area (Å²) in [5.74, 6) is -0.0959. The molecule has 0 aliphatic carbocycles. The van der Waals surface area contributed by atoms with Crippen molar-refractivity contribution >= 4 is 5.91 Å².